The molecule has 1 amide bonds. The summed E-state index contributed by atoms with van der Waals surface area (Å²) in [6.45, 7) is 5.60. The van der Waals surface area contributed by atoms with E-state index in [1.165, 1.54) is 12.8 Å². The summed E-state index contributed by atoms with van der Waals surface area (Å²) in [7, 11) is 0. The molecule has 1 aromatic heterocycles. The van der Waals surface area contributed by atoms with Crippen LogP contribution in [0.1, 0.15) is 49.9 Å². The van der Waals surface area contributed by atoms with Crippen LogP contribution in [0.2, 0.25) is 0 Å². The summed E-state index contributed by atoms with van der Waals surface area (Å²) in [6.07, 6.45) is 4.17. The predicted octanol–water partition coefficient (Wildman–Crippen LogP) is 3.47. The van der Waals surface area contributed by atoms with E-state index in [2.05, 4.69) is 27.3 Å². The number of nitrogens with zero attached hydrogens (tertiary/aromatic N) is 2. The van der Waals surface area contributed by atoms with E-state index >= 15 is 0 Å². The average Bonchev–Trinajstić information content (AvgIpc) is 3.39. The Bertz CT molecular complexity index is 799. The summed E-state index contributed by atoms with van der Waals surface area (Å²) in [5.41, 5.74) is 1.48. The molecule has 1 atom stereocenters. The lowest BCUT2D eigenvalue weighted by atomic mass is 9.98. The predicted molar refractivity (Wildman–Crippen MR) is 109 cm³/mol. The van der Waals surface area contributed by atoms with Crippen LogP contribution in [-0.4, -0.2) is 42.0 Å². The molecule has 1 unspecified atom stereocenters. The lowest BCUT2D eigenvalue weighted by Crippen LogP contribution is -2.42. The first-order valence-corrected chi connectivity index (χ1v) is 10.4. The molecule has 1 saturated carbocycles. The van der Waals surface area contributed by atoms with E-state index < -0.39 is 5.41 Å². The second-order valence-electron chi connectivity index (χ2n) is 7.82. The highest BCUT2D eigenvalue weighted by atomic mass is 16.5. The Balaban J connectivity index is 1.52. The highest BCUT2D eigenvalue weighted by molar-refractivity contribution is 5.91. The van der Waals surface area contributed by atoms with Gasteiger partial charge in [-0.1, -0.05) is 36.4 Å². The second-order valence-corrected chi connectivity index (χ2v) is 7.82. The molecule has 5 nitrogen and oxygen atoms in total. The van der Waals surface area contributed by atoms with Crippen LogP contribution in [0.15, 0.2) is 48.5 Å². The topological polar surface area (TPSA) is 54.5 Å². The SMILES string of the molecule is CCOc1cccc(C2(C(=O)NC(CN3CCCC3)c3ccccc3)CC2)n1. The smallest absolute Gasteiger partial charge is 0.232 e. The van der Waals surface area contributed by atoms with Gasteiger partial charge in [-0.05, 0) is 57.3 Å². The van der Waals surface area contributed by atoms with Crippen molar-refractivity contribution in [3.05, 3.63) is 59.8 Å². The molecular weight excluding hydrogens is 350 g/mol. The highest BCUT2D eigenvalue weighted by Gasteiger charge is 2.53. The molecule has 1 aliphatic heterocycles. The van der Waals surface area contributed by atoms with E-state index in [0.29, 0.717) is 12.5 Å². The molecular formula is C23H29N3O2. The molecule has 4 rings (SSSR count). The number of hydrogen-bond acceptors (Lipinski definition) is 4. The van der Waals surface area contributed by atoms with E-state index in [0.717, 1.165) is 43.7 Å². The molecule has 148 valence electrons. The van der Waals surface area contributed by atoms with Crippen molar-refractivity contribution in [1.29, 1.82) is 0 Å². The lowest BCUT2D eigenvalue weighted by molar-refractivity contribution is -0.124. The molecule has 0 bridgehead atoms. The van der Waals surface area contributed by atoms with Gasteiger partial charge in [0.1, 0.15) is 0 Å². The number of benzene rings is 1. The van der Waals surface area contributed by atoms with Crippen LogP contribution in [0.4, 0.5) is 0 Å². The third-order valence-electron chi connectivity index (χ3n) is 5.84. The normalized spacial score (nSPS) is 19.2. The number of amides is 1. The molecule has 2 heterocycles. The van der Waals surface area contributed by atoms with Gasteiger partial charge in [0.25, 0.3) is 0 Å². The van der Waals surface area contributed by atoms with Crippen molar-refractivity contribution in [3.8, 4) is 5.88 Å². The molecule has 1 saturated heterocycles. The third-order valence-corrected chi connectivity index (χ3v) is 5.84. The van der Waals surface area contributed by atoms with Gasteiger partial charge in [0, 0.05) is 12.6 Å². The fraction of sp³-hybridized carbons (Fsp3) is 0.478. The molecule has 28 heavy (non-hydrogen) atoms. The van der Waals surface area contributed by atoms with E-state index in [1.807, 2.05) is 43.3 Å². The summed E-state index contributed by atoms with van der Waals surface area (Å²) >= 11 is 0. The maximum absolute atomic E-state index is 13.3. The van der Waals surface area contributed by atoms with Crippen LogP contribution in [0.5, 0.6) is 5.88 Å². The Morgan fingerprint density at radius 3 is 2.57 bits per heavy atom. The maximum atomic E-state index is 13.3. The second kappa shape index (κ2) is 8.31. The van der Waals surface area contributed by atoms with Crippen LogP contribution in [0.25, 0.3) is 0 Å². The Morgan fingerprint density at radius 2 is 1.89 bits per heavy atom. The molecule has 2 aliphatic rings. The summed E-state index contributed by atoms with van der Waals surface area (Å²) in [6, 6.07) is 16.0. The fourth-order valence-corrected chi connectivity index (χ4v) is 4.07. The van der Waals surface area contributed by atoms with Crippen LogP contribution in [0.3, 0.4) is 0 Å². The van der Waals surface area contributed by atoms with E-state index in [9.17, 15) is 4.79 Å². The van der Waals surface area contributed by atoms with Gasteiger partial charge in [0.05, 0.1) is 23.8 Å². The number of nitrogens with one attached hydrogen (secondary N) is 1. The van der Waals surface area contributed by atoms with E-state index in [4.69, 9.17) is 4.74 Å². The molecule has 1 aliphatic carbocycles. The zero-order chi connectivity index (χ0) is 19.4. The van der Waals surface area contributed by atoms with E-state index in [1.54, 1.807) is 0 Å². The number of carbonyl (C=O) groups is 1. The van der Waals surface area contributed by atoms with Gasteiger partial charge in [0.15, 0.2) is 0 Å². The molecule has 1 N–H and O–H groups in total. The van der Waals surface area contributed by atoms with Crippen LogP contribution in [0, 0.1) is 0 Å². The van der Waals surface area contributed by atoms with Gasteiger partial charge >= 0.3 is 0 Å². The number of likely N-dealkylation sites (tertiary alicyclic amines) is 1. The van der Waals surface area contributed by atoms with Gasteiger partial charge < -0.3 is 15.0 Å². The van der Waals surface area contributed by atoms with Crippen LogP contribution < -0.4 is 10.1 Å². The lowest BCUT2D eigenvalue weighted by Gasteiger charge is -2.27. The Kier molecular flexibility index (Phi) is 5.62. The molecule has 5 heteroatoms. The van der Waals surface area contributed by atoms with Crippen molar-refractivity contribution in [2.75, 3.05) is 26.2 Å². The first-order chi connectivity index (χ1) is 13.7. The minimum Gasteiger partial charge on any atom is -0.478 e. The molecule has 1 aromatic carbocycles. The standard InChI is InChI=1S/C23H29N3O2/c1-2-28-21-12-8-11-20(25-21)23(13-14-23)22(27)24-19(17-26-15-6-7-16-26)18-9-4-3-5-10-18/h3-5,8-12,19H,2,6-7,13-17H2,1H3,(H,24,27). The number of rotatable bonds is 8. The quantitative estimate of drug-likeness (QED) is 0.763. The first kappa shape index (κ1) is 18.9. The van der Waals surface area contributed by atoms with Crippen molar-refractivity contribution < 1.29 is 9.53 Å². The number of pyridine rings is 1. The Hall–Kier alpha value is -2.40. The summed E-state index contributed by atoms with van der Waals surface area (Å²) < 4.78 is 5.54. The van der Waals surface area contributed by atoms with Crippen LogP contribution >= 0.6 is 0 Å². The monoisotopic (exact) mass is 379 g/mol. The zero-order valence-corrected chi connectivity index (χ0v) is 16.6. The summed E-state index contributed by atoms with van der Waals surface area (Å²) in [5, 5.41) is 3.35. The van der Waals surface area contributed by atoms with Crippen molar-refractivity contribution >= 4 is 5.91 Å². The van der Waals surface area contributed by atoms with Gasteiger partial charge in [-0.2, -0.15) is 0 Å². The third kappa shape index (κ3) is 4.04. The number of aromatic nitrogens is 1. The van der Waals surface area contributed by atoms with Gasteiger partial charge in [-0.3, -0.25) is 4.79 Å². The molecule has 2 fully saturated rings. The van der Waals surface area contributed by atoms with Gasteiger partial charge in [-0.25, -0.2) is 4.98 Å². The maximum Gasteiger partial charge on any atom is 0.232 e. The highest BCUT2D eigenvalue weighted by Crippen LogP contribution is 2.48. The zero-order valence-electron chi connectivity index (χ0n) is 16.6. The van der Waals surface area contributed by atoms with Gasteiger partial charge in [-0.15, -0.1) is 0 Å². The fourth-order valence-electron chi connectivity index (χ4n) is 4.07. The largest absolute Gasteiger partial charge is 0.478 e. The van der Waals surface area contributed by atoms with Crippen molar-refractivity contribution in [1.82, 2.24) is 15.2 Å². The number of ether oxygens (including phenoxy) is 1. The van der Waals surface area contributed by atoms with Crippen molar-refractivity contribution in [2.45, 2.75) is 44.1 Å². The van der Waals surface area contributed by atoms with Crippen LogP contribution in [-0.2, 0) is 10.2 Å². The van der Waals surface area contributed by atoms with Gasteiger partial charge in [0.2, 0.25) is 11.8 Å². The number of hydrogen-bond donors (Lipinski definition) is 1. The average molecular weight is 380 g/mol. The molecule has 0 radical (unpaired) electrons. The Morgan fingerprint density at radius 1 is 1.14 bits per heavy atom. The minimum atomic E-state index is -0.509. The summed E-state index contributed by atoms with van der Waals surface area (Å²) in [5.74, 6) is 0.678. The minimum absolute atomic E-state index is 0.000602. The van der Waals surface area contributed by atoms with Crippen molar-refractivity contribution in [3.63, 3.8) is 0 Å². The first-order valence-electron chi connectivity index (χ1n) is 10.4. The Labute approximate surface area is 167 Å². The van der Waals surface area contributed by atoms with E-state index in [-0.39, 0.29) is 11.9 Å². The summed E-state index contributed by atoms with van der Waals surface area (Å²) in [4.78, 5) is 20.4. The molecule has 2 aromatic rings. The van der Waals surface area contributed by atoms with Crippen molar-refractivity contribution in [2.24, 2.45) is 0 Å². The molecule has 0 spiro atoms. The number of carbonyl (C=O) groups excluding carboxylic acids is 1.